The van der Waals surface area contributed by atoms with Gasteiger partial charge in [-0.25, -0.2) is 15.0 Å². The first-order valence-electron chi connectivity index (χ1n) is 29.5. The number of amides is 1. The van der Waals surface area contributed by atoms with E-state index in [9.17, 15) is 42.9 Å². The molecule has 3 heterocycles. The molecule has 1 amide bonds. The molecule has 0 radical (unpaired) electrons. The molecule has 3 aromatic heterocycles. The van der Waals surface area contributed by atoms with Gasteiger partial charge >= 0.3 is 24.3 Å². The van der Waals surface area contributed by atoms with Gasteiger partial charge in [0.1, 0.15) is 17.1 Å². The SMILES string of the molecule is C.C/C(=N\NC(=O)c1ccccc1)c1nn(C)c(-c2ccc(C)c(C)c2)c1O.C/C(=N\NC(=S)Nc1ccc(C(=O)O)cc1)c1nn(C)c(-c2ccc(C(F)(F)F)cc2)c1O.CCCCCc1ccc(-c2c(O)c(/C(C)=N/NC(=S)Nc3ccc(C(=O)O)cc3)nn2C)cc1.O=C=O. The maximum atomic E-state index is 12.8. The number of halogens is 3. The number of thiocarbonyl (C=S) groups is 2. The van der Waals surface area contributed by atoms with Gasteiger partial charge in [-0.3, -0.25) is 29.7 Å². The van der Waals surface area contributed by atoms with E-state index in [0.29, 0.717) is 56.7 Å². The first-order chi connectivity index (χ1) is 46.1. The largest absolute Gasteiger partial charge is 0.504 e. The molecule has 0 atom stereocenters. The minimum absolute atomic E-state index is 0. The van der Waals surface area contributed by atoms with Gasteiger partial charge in [-0.15, -0.1) is 0 Å². The van der Waals surface area contributed by atoms with Crippen molar-refractivity contribution in [1.82, 2.24) is 45.6 Å². The van der Waals surface area contributed by atoms with E-state index in [-0.39, 0.29) is 75.2 Å². The number of nitrogens with zero attached hydrogens (tertiary/aromatic N) is 9. The van der Waals surface area contributed by atoms with E-state index in [0.717, 1.165) is 35.2 Å². The normalized spacial score (nSPS) is 11.2. The van der Waals surface area contributed by atoms with Gasteiger partial charge < -0.3 is 36.2 Å². The number of aryl methyl sites for hydroxylation is 6. The Morgan fingerprint density at radius 2 is 0.908 bits per heavy atom. The van der Waals surface area contributed by atoms with Crippen LogP contribution >= 0.6 is 24.4 Å². The van der Waals surface area contributed by atoms with Crippen LogP contribution in [0.1, 0.15) is 125 Å². The number of nitrogens with one attached hydrogen (secondary N) is 5. The third-order valence-electron chi connectivity index (χ3n) is 14.4. The van der Waals surface area contributed by atoms with Crippen LogP contribution in [0.2, 0.25) is 0 Å². The molecular formula is C69H73F3N14O10S2. The molecule has 0 unspecified atom stereocenters. The van der Waals surface area contributed by atoms with Gasteiger partial charge in [0, 0.05) is 54.8 Å². The van der Waals surface area contributed by atoms with Crippen LogP contribution in [0.4, 0.5) is 24.5 Å². The average Bonchev–Trinajstić information content (AvgIpc) is 1.66. The van der Waals surface area contributed by atoms with E-state index in [1.54, 1.807) is 87.7 Å². The summed E-state index contributed by atoms with van der Waals surface area (Å²) in [6.07, 6.45) is 0.421. The molecule has 0 saturated carbocycles. The summed E-state index contributed by atoms with van der Waals surface area (Å²) in [6, 6.07) is 39.4. The highest BCUT2D eigenvalue weighted by molar-refractivity contribution is 7.80. The zero-order valence-corrected chi connectivity index (χ0v) is 55.6. The second kappa shape index (κ2) is 35.7. The lowest BCUT2D eigenvalue weighted by Crippen LogP contribution is -2.25. The summed E-state index contributed by atoms with van der Waals surface area (Å²) >= 11 is 10.4. The molecule has 0 aliphatic heterocycles. The summed E-state index contributed by atoms with van der Waals surface area (Å²) in [5, 5.41) is 81.6. The van der Waals surface area contributed by atoms with Crippen molar-refractivity contribution in [2.45, 2.75) is 80.8 Å². The van der Waals surface area contributed by atoms with E-state index in [1.807, 2.05) is 50.2 Å². The minimum atomic E-state index is -4.46. The van der Waals surface area contributed by atoms with Crippen LogP contribution in [0.3, 0.4) is 0 Å². The van der Waals surface area contributed by atoms with Gasteiger partial charge in [0.15, 0.2) is 44.6 Å². The fourth-order valence-electron chi connectivity index (χ4n) is 9.28. The van der Waals surface area contributed by atoms with Crippen molar-refractivity contribution in [3.63, 3.8) is 0 Å². The molecule has 9 aromatic rings. The Labute approximate surface area is 573 Å². The molecule has 0 aliphatic carbocycles. The minimum Gasteiger partial charge on any atom is -0.504 e. The zero-order valence-electron chi connectivity index (χ0n) is 53.9. The molecule has 98 heavy (non-hydrogen) atoms. The number of benzene rings is 6. The van der Waals surface area contributed by atoms with Crippen LogP contribution in [0.25, 0.3) is 33.8 Å². The number of rotatable bonds is 18. The number of unbranched alkanes of at least 4 members (excludes halogenated alkanes) is 2. The fourth-order valence-corrected chi connectivity index (χ4v) is 9.61. The number of aromatic hydroxyl groups is 3. The zero-order chi connectivity index (χ0) is 71.3. The lowest BCUT2D eigenvalue weighted by atomic mass is 10.0. The number of alkyl halides is 3. The Kier molecular flexibility index (Phi) is 28.1. The first-order valence-corrected chi connectivity index (χ1v) is 30.3. The monoisotopic (exact) mass is 1380 g/mol. The third kappa shape index (κ3) is 20.9. The van der Waals surface area contributed by atoms with Gasteiger partial charge in [-0.05, 0) is 167 Å². The van der Waals surface area contributed by atoms with Crippen molar-refractivity contribution in [1.29, 1.82) is 0 Å². The molecule has 0 spiro atoms. The fraction of sp³-hybridized carbons (Fsp3) is 0.217. The van der Waals surface area contributed by atoms with Crippen LogP contribution in [-0.2, 0) is 43.3 Å². The molecule has 10 N–H and O–H groups in total. The van der Waals surface area contributed by atoms with Crippen molar-refractivity contribution in [2.75, 3.05) is 10.6 Å². The maximum absolute atomic E-state index is 12.8. The topological polar surface area (TPSA) is 337 Å². The lowest BCUT2D eigenvalue weighted by molar-refractivity contribution is -0.191. The molecule has 0 saturated heterocycles. The van der Waals surface area contributed by atoms with Crippen molar-refractivity contribution >= 4 is 87.2 Å². The number of hydrogen-bond acceptors (Lipinski definition) is 16. The summed E-state index contributed by atoms with van der Waals surface area (Å²) in [5.74, 6) is -2.52. The van der Waals surface area contributed by atoms with Crippen molar-refractivity contribution in [3.8, 4) is 51.0 Å². The van der Waals surface area contributed by atoms with Gasteiger partial charge in [-0.1, -0.05) is 93.9 Å². The summed E-state index contributed by atoms with van der Waals surface area (Å²) < 4.78 is 43.0. The van der Waals surface area contributed by atoms with Crippen LogP contribution in [0.5, 0.6) is 17.2 Å². The number of anilines is 2. The Bertz CT molecular complexity index is 4410. The van der Waals surface area contributed by atoms with Crippen LogP contribution < -0.4 is 26.9 Å². The van der Waals surface area contributed by atoms with Crippen LogP contribution in [0, 0.1) is 13.8 Å². The molecule has 29 heteroatoms. The molecule has 24 nitrogen and oxygen atoms in total. The molecule has 0 aliphatic rings. The second-order valence-corrected chi connectivity index (χ2v) is 22.2. The van der Waals surface area contributed by atoms with E-state index in [4.69, 9.17) is 44.2 Å². The molecule has 512 valence electrons. The Morgan fingerprint density at radius 3 is 1.29 bits per heavy atom. The number of aromatic nitrogens is 6. The van der Waals surface area contributed by atoms with Crippen molar-refractivity contribution in [2.24, 2.45) is 36.4 Å². The lowest BCUT2D eigenvalue weighted by Gasteiger charge is -2.08. The number of aromatic carboxylic acids is 2. The summed E-state index contributed by atoms with van der Waals surface area (Å²) in [4.78, 5) is 50.2. The Morgan fingerprint density at radius 1 is 0.531 bits per heavy atom. The van der Waals surface area contributed by atoms with Gasteiger partial charge in [0.25, 0.3) is 5.91 Å². The Hall–Kier alpha value is -11.7. The standard InChI is InChI=1S/C25H29N5O3S.C21H18F3N5O3S.C21H22N4O2.CO2.CH4/c1-4-5-6-7-17-8-10-18(11-9-17)22-23(31)21(29-30(22)3)16(2)27-28-25(34)26-20-14-12-19(13-15-20)24(32)33;1-11(26-27-20(33)25-15-9-5-13(6-10-15)19(31)32)16-18(30)17(29(2)28-16)12-3-7-14(8-4-12)21(22,23)24;1-13-10-11-17(12-14(13)2)19-20(26)18(24-25(19)4)15(3)22-23-21(27)16-8-6-5-7-9-16;2-1-3;/h8-15,31H,4-7H2,1-3H3,(H,32,33)(H2,26,28,34);3-10,30H,1-2H3,(H,31,32)(H2,25,27,33);5-12,26H,1-4H3,(H,23,27);;1H4/b27-16+;26-11+;22-15+;;. The van der Waals surface area contributed by atoms with Crippen LogP contribution in [-0.4, -0.2) is 106 Å². The van der Waals surface area contributed by atoms with E-state index in [2.05, 4.69) is 76.6 Å². The number of hydrazone groups is 3. The van der Waals surface area contributed by atoms with E-state index in [1.165, 1.54) is 83.6 Å². The van der Waals surface area contributed by atoms with Gasteiger partial charge in [0.2, 0.25) is 0 Å². The molecule has 0 fully saturated rings. The van der Waals surface area contributed by atoms with E-state index >= 15 is 0 Å². The number of carbonyl (C=O) groups excluding carboxylic acids is 3. The molecular weight excluding hydrogens is 1310 g/mol. The molecule has 9 rings (SSSR count). The van der Waals surface area contributed by atoms with Crippen molar-refractivity contribution < 1.29 is 62.7 Å². The maximum Gasteiger partial charge on any atom is 0.416 e. The van der Waals surface area contributed by atoms with Gasteiger partial charge in [0.05, 0.1) is 33.8 Å². The first kappa shape index (κ1) is 77.0. The summed E-state index contributed by atoms with van der Waals surface area (Å²) in [7, 11) is 5.09. The Balaban J connectivity index is 0.000000260. The van der Waals surface area contributed by atoms with Crippen molar-refractivity contribution in [3.05, 3.63) is 202 Å². The number of carboxylic acids is 2. The third-order valence-corrected chi connectivity index (χ3v) is 14.8. The smallest absolute Gasteiger partial charge is 0.416 e. The predicted molar refractivity (Wildman–Crippen MR) is 376 cm³/mol. The molecule has 6 aromatic carbocycles. The highest BCUT2D eigenvalue weighted by Crippen LogP contribution is 2.37. The number of hydrogen-bond donors (Lipinski definition) is 10. The number of carboxylic acid groups (broad SMARTS) is 2. The highest BCUT2D eigenvalue weighted by atomic mass is 32.1. The molecule has 0 bridgehead atoms. The quantitative estimate of drug-likeness (QED) is 0.0165. The predicted octanol–water partition coefficient (Wildman–Crippen LogP) is 12.8. The number of carbonyl (C=O) groups is 3. The van der Waals surface area contributed by atoms with Gasteiger partial charge in [-0.2, -0.15) is 53.4 Å². The van der Waals surface area contributed by atoms with Crippen LogP contribution in [0.15, 0.2) is 161 Å². The average molecular weight is 1380 g/mol. The summed E-state index contributed by atoms with van der Waals surface area (Å²) in [5.41, 5.74) is 18.1. The summed E-state index contributed by atoms with van der Waals surface area (Å²) in [6.45, 7) is 11.2. The van der Waals surface area contributed by atoms with E-state index < -0.39 is 23.7 Å². The highest BCUT2D eigenvalue weighted by Gasteiger charge is 2.31. The second-order valence-electron chi connectivity index (χ2n) is 21.4.